The molecule has 2 aromatic rings. The topological polar surface area (TPSA) is 103 Å². The van der Waals surface area contributed by atoms with Crippen molar-refractivity contribution in [3.63, 3.8) is 0 Å². The molecule has 1 aliphatic carbocycles. The highest BCUT2D eigenvalue weighted by Gasteiger charge is 2.43. The Labute approximate surface area is 198 Å². The van der Waals surface area contributed by atoms with Crippen molar-refractivity contribution in [2.24, 2.45) is 5.41 Å². The molecule has 1 aromatic heterocycles. The van der Waals surface area contributed by atoms with Crippen molar-refractivity contribution < 1.29 is 9.53 Å². The lowest BCUT2D eigenvalue weighted by molar-refractivity contribution is 0.0888. The second kappa shape index (κ2) is 9.16. The lowest BCUT2D eigenvalue weighted by atomic mass is 9.81. The van der Waals surface area contributed by atoms with Crippen LogP contribution >= 0.6 is 11.6 Å². The molecule has 8 nitrogen and oxygen atoms in total. The van der Waals surface area contributed by atoms with Crippen LogP contribution in [0.1, 0.15) is 48.2 Å². The van der Waals surface area contributed by atoms with Gasteiger partial charge in [0.2, 0.25) is 0 Å². The Morgan fingerprint density at radius 2 is 2.06 bits per heavy atom. The molecule has 0 bridgehead atoms. The Morgan fingerprint density at radius 3 is 2.67 bits per heavy atom. The number of nitrogens with zero attached hydrogens (tertiary/aromatic N) is 4. The van der Waals surface area contributed by atoms with Crippen LogP contribution in [0.5, 0.6) is 5.75 Å². The van der Waals surface area contributed by atoms with Gasteiger partial charge in [0.15, 0.2) is 0 Å². The van der Waals surface area contributed by atoms with Gasteiger partial charge in [-0.1, -0.05) is 11.6 Å². The average molecular weight is 467 g/mol. The van der Waals surface area contributed by atoms with Crippen molar-refractivity contribution in [2.75, 3.05) is 31.1 Å². The second-order valence-corrected chi connectivity index (χ2v) is 9.76. The van der Waals surface area contributed by atoms with Crippen molar-refractivity contribution in [2.45, 2.75) is 44.2 Å². The molecule has 33 heavy (non-hydrogen) atoms. The summed E-state index contributed by atoms with van der Waals surface area (Å²) in [6, 6.07) is 7.26. The Morgan fingerprint density at radius 1 is 1.24 bits per heavy atom. The summed E-state index contributed by atoms with van der Waals surface area (Å²) >= 11 is 6.09. The van der Waals surface area contributed by atoms with Crippen molar-refractivity contribution in [3.05, 3.63) is 46.9 Å². The zero-order valence-corrected chi connectivity index (χ0v) is 19.1. The Hall–Kier alpha value is -2.89. The predicted octanol–water partition coefficient (Wildman–Crippen LogP) is 2.92. The number of carbonyl (C=O) groups excluding carboxylic acids is 1. The molecule has 172 valence electrons. The molecule has 9 heteroatoms. The van der Waals surface area contributed by atoms with E-state index in [1.54, 1.807) is 30.6 Å². The van der Waals surface area contributed by atoms with E-state index in [0.29, 0.717) is 27.4 Å². The molecule has 3 heterocycles. The molecular formula is C24H27ClN6O2. The van der Waals surface area contributed by atoms with Crippen LogP contribution in [0, 0.1) is 16.7 Å². The van der Waals surface area contributed by atoms with E-state index in [1.807, 2.05) is 6.07 Å². The maximum atomic E-state index is 12.7. The number of hydrogen-bond donors (Lipinski definition) is 2. The third kappa shape index (κ3) is 4.75. The number of rotatable bonds is 5. The van der Waals surface area contributed by atoms with Crippen LogP contribution in [0.15, 0.2) is 30.6 Å². The smallest absolute Gasteiger partial charge is 0.271 e. The number of nitrogens with one attached hydrogen (secondary N) is 2. The zero-order chi connectivity index (χ0) is 22.8. The lowest BCUT2D eigenvalue weighted by Gasteiger charge is -2.39. The number of carbonyl (C=O) groups is 1. The van der Waals surface area contributed by atoms with Crippen LogP contribution in [0.2, 0.25) is 5.02 Å². The molecule has 1 aromatic carbocycles. The summed E-state index contributed by atoms with van der Waals surface area (Å²) < 4.78 is 6.02. The van der Waals surface area contributed by atoms with E-state index >= 15 is 0 Å². The van der Waals surface area contributed by atoms with E-state index in [2.05, 4.69) is 25.5 Å². The highest BCUT2D eigenvalue weighted by Crippen LogP contribution is 2.35. The van der Waals surface area contributed by atoms with Gasteiger partial charge in [-0.25, -0.2) is 9.97 Å². The van der Waals surface area contributed by atoms with Gasteiger partial charge in [-0.2, -0.15) is 5.26 Å². The first-order valence-corrected chi connectivity index (χ1v) is 11.9. The summed E-state index contributed by atoms with van der Waals surface area (Å²) in [7, 11) is 0. The first-order valence-electron chi connectivity index (χ1n) is 11.5. The zero-order valence-electron chi connectivity index (χ0n) is 18.4. The van der Waals surface area contributed by atoms with Crippen molar-refractivity contribution >= 4 is 23.3 Å². The summed E-state index contributed by atoms with van der Waals surface area (Å²) in [4.78, 5) is 23.8. The van der Waals surface area contributed by atoms with Gasteiger partial charge in [-0.05, 0) is 44.2 Å². The first-order chi connectivity index (χ1) is 16.0. The Balaban J connectivity index is 1.09. The van der Waals surface area contributed by atoms with E-state index in [-0.39, 0.29) is 18.1 Å². The highest BCUT2D eigenvalue weighted by molar-refractivity contribution is 6.31. The van der Waals surface area contributed by atoms with Gasteiger partial charge in [0, 0.05) is 43.7 Å². The average Bonchev–Trinajstić information content (AvgIpc) is 3.27. The summed E-state index contributed by atoms with van der Waals surface area (Å²) in [6.45, 7) is 4.14. The molecule has 0 atom stereocenters. The van der Waals surface area contributed by atoms with Gasteiger partial charge in [0.05, 0.1) is 29.1 Å². The van der Waals surface area contributed by atoms with Crippen molar-refractivity contribution in [1.82, 2.24) is 20.6 Å². The number of amides is 1. The van der Waals surface area contributed by atoms with Gasteiger partial charge in [-0.3, -0.25) is 4.79 Å². The molecule has 1 saturated carbocycles. The van der Waals surface area contributed by atoms with Crippen LogP contribution in [-0.4, -0.2) is 54.2 Å². The summed E-state index contributed by atoms with van der Waals surface area (Å²) in [5.74, 6) is 1.33. The quantitative estimate of drug-likeness (QED) is 0.698. The van der Waals surface area contributed by atoms with Crippen molar-refractivity contribution in [1.29, 1.82) is 5.26 Å². The number of nitriles is 1. The maximum absolute atomic E-state index is 12.7. The van der Waals surface area contributed by atoms with Crippen LogP contribution in [-0.2, 0) is 0 Å². The molecule has 5 rings (SSSR count). The molecular weight excluding hydrogens is 440 g/mol. The van der Waals surface area contributed by atoms with Crippen LogP contribution in [0.25, 0.3) is 0 Å². The summed E-state index contributed by atoms with van der Waals surface area (Å²) in [6.07, 6.45) is 7.86. The van der Waals surface area contributed by atoms with E-state index in [9.17, 15) is 4.79 Å². The third-order valence-corrected chi connectivity index (χ3v) is 7.32. The summed E-state index contributed by atoms with van der Waals surface area (Å²) in [5.41, 5.74) is 1.18. The molecule has 3 fully saturated rings. The van der Waals surface area contributed by atoms with Crippen LogP contribution in [0.4, 0.5) is 5.82 Å². The standard InChI is InChI=1S/C24H27ClN6O2/c25-20-9-19(4-1-16(20)10-26)33-18-5-2-17(3-6-18)30-23(32)21-11-29-22(12-28-21)31-8-7-24(15-31)13-27-14-24/h1,4,9,11-12,17-18,27H,2-3,5-8,13-15H2,(H,30,32)/t17-,18-. The minimum atomic E-state index is -0.182. The predicted molar refractivity (Wildman–Crippen MR) is 124 cm³/mol. The molecule has 2 N–H and O–H groups in total. The minimum absolute atomic E-state index is 0.0656. The van der Waals surface area contributed by atoms with E-state index in [4.69, 9.17) is 21.6 Å². The van der Waals surface area contributed by atoms with Crippen LogP contribution in [0.3, 0.4) is 0 Å². The fraction of sp³-hybridized carbons (Fsp3) is 0.500. The normalized spacial score (nSPS) is 23.6. The van der Waals surface area contributed by atoms with E-state index in [0.717, 1.165) is 57.7 Å². The fourth-order valence-corrected chi connectivity index (χ4v) is 5.15. The number of ether oxygens (including phenoxy) is 1. The largest absolute Gasteiger partial charge is 0.490 e. The highest BCUT2D eigenvalue weighted by atomic mass is 35.5. The van der Waals surface area contributed by atoms with Gasteiger partial charge in [0.25, 0.3) is 5.91 Å². The Kier molecular flexibility index (Phi) is 6.09. The monoisotopic (exact) mass is 466 g/mol. The molecule has 3 aliphatic rings. The number of benzene rings is 1. The van der Waals surface area contributed by atoms with Crippen LogP contribution < -0.4 is 20.3 Å². The molecule has 1 spiro atoms. The van der Waals surface area contributed by atoms with Gasteiger partial charge in [0.1, 0.15) is 23.3 Å². The first kappa shape index (κ1) is 21.9. The molecule has 0 unspecified atom stereocenters. The number of halogens is 1. The number of hydrogen-bond acceptors (Lipinski definition) is 7. The van der Waals surface area contributed by atoms with Gasteiger partial charge < -0.3 is 20.3 Å². The van der Waals surface area contributed by atoms with Gasteiger partial charge >= 0.3 is 0 Å². The third-order valence-electron chi connectivity index (χ3n) is 7.01. The van der Waals surface area contributed by atoms with Gasteiger partial charge in [-0.15, -0.1) is 0 Å². The second-order valence-electron chi connectivity index (χ2n) is 9.35. The minimum Gasteiger partial charge on any atom is -0.490 e. The number of aromatic nitrogens is 2. The molecule has 2 saturated heterocycles. The van der Waals surface area contributed by atoms with E-state index < -0.39 is 0 Å². The number of anilines is 1. The SMILES string of the molecule is N#Cc1ccc(O[C@H]2CC[C@H](NC(=O)c3cnc(N4CCC5(CNC5)C4)cn3)CC2)cc1Cl. The molecule has 0 radical (unpaired) electrons. The van der Waals surface area contributed by atoms with E-state index in [1.165, 1.54) is 6.42 Å². The maximum Gasteiger partial charge on any atom is 0.271 e. The fourth-order valence-electron chi connectivity index (χ4n) is 4.94. The summed E-state index contributed by atoms with van der Waals surface area (Å²) in [5, 5.41) is 15.8. The van der Waals surface area contributed by atoms with Crippen molar-refractivity contribution in [3.8, 4) is 11.8 Å². The molecule has 1 amide bonds. The lowest BCUT2D eigenvalue weighted by Crippen LogP contribution is -2.54. The Bertz CT molecular complexity index is 1060. The molecule has 2 aliphatic heterocycles.